The number of carboxylic acid groups (broad SMARTS) is 1. The third kappa shape index (κ3) is 3.26. The fraction of sp³-hybridized carbons (Fsp3) is 0.550. The van der Waals surface area contributed by atoms with E-state index >= 15 is 0 Å². The lowest BCUT2D eigenvalue weighted by Crippen LogP contribution is -2.31. The van der Waals surface area contributed by atoms with Crippen molar-refractivity contribution in [3.05, 3.63) is 47.1 Å². The maximum atomic E-state index is 10.6. The van der Waals surface area contributed by atoms with Gasteiger partial charge in [0, 0.05) is 6.08 Å². The van der Waals surface area contributed by atoms with Gasteiger partial charge in [-0.2, -0.15) is 0 Å². The number of carboxylic acids is 1. The largest absolute Gasteiger partial charge is 0.478 e. The zero-order valence-electron chi connectivity index (χ0n) is 14.4. The quantitative estimate of drug-likeness (QED) is 0.568. The summed E-state index contributed by atoms with van der Waals surface area (Å²) in [5, 5.41) is 8.74. The summed E-state index contributed by atoms with van der Waals surface area (Å²) in [6.07, 6.45) is 13.5. The van der Waals surface area contributed by atoms with E-state index in [4.69, 9.17) is 5.11 Å². The highest BCUT2D eigenvalue weighted by Gasteiger charge is 2.46. The summed E-state index contributed by atoms with van der Waals surface area (Å²) >= 11 is 0. The maximum absolute atomic E-state index is 10.6. The van der Waals surface area contributed by atoms with Gasteiger partial charge in [-0.05, 0) is 47.7 Å². The standard InChI is InChI=1S/C20H28O2/c1-14(12-18(21)22)8-6-9-15-13-17-16(20(15,4)5)10-7-11-19(17,2)3/h6,8-9,12-13,16H,7,10-11H2,1-5H3,(H,21,22)/b8-6+,14-12+,15-9-. The summed E-state index contributed by atoms with van der Waals surface area (Å²) in [5.74, 6) is -0.252. The third-order valence-corrected chi connectivity index (χ3v) is 5.36. The average molecular weight is 300 g/mol. The lowest BCUT2D eigenvalue weighted by molar-refractivity contribution is -0.131. The molecule has 0 aromatic carbocycles. The Bertz CT molecular complexity index is 583. The van der Waals surface area contributed by atoms with Gasteiger partial charge in [0.05, 0.1) is 0 Å². The van der Waals surface area contributed by atoms with Crippen LogP contribution < -0.4 is 0 Å². The van der Waals surface area contributed by atoms with Crippen molar-refractivity contribution in [1.82, 2.24) is 0 Å². The number of allylic oxidation sites excluding steroid dienone is 7. The van der Waals surface area contributed by atoms with Gasteiger partial charge in [-0.25, -0.2) is 4.79 Å². The Morgan fingerprint density at radius 2 is 2.00 bits per heavy atom. The van der Waals surface area contributed by atoms with Crippen LogP contribution in [0.15, 0.2) is 47.1 Å². The molecule has 0 spiro atoms. The molecular formula is C20H28O2. The molecule has 0 amide bonds. The molecule has 1 N–H and O–H groups in total. The van der Waals surface area contributed by atoms with Crippen LogP contribution in [-0.2, 0) is 4.79 Å². The van der Waals surface area contributed by atoms with Crippen molar-refractivity contribution in [2.45, 2.75) is 53.9 Å². The Morgan fingerprint density at radius 3 is 2.59 bits per heavy atom. The van der Waals surface area contributed by atoms with Crippen molar-refractivity contribution >= 4 is 5.97 Å². The van der Waals surface area contributed by atoms with E-state index in [1.54, 1.807) is 5.57 Å². The average Bonchev–Trinajstić information content (AvgIpc) is 2.62. The Labute approximate surface area is 134 Å². The summed E-state index contributed by atoms with van der Waals surface area (Å²) in [7, 11) is 0. The number of hydrogen-bond donors (Lipinski definition) is 1. The van der Waals surface area contributed by atoms with E-state index in [-0.39, 0.29) is 5.41 Å². The van der Waals surface area contributed by atoms with Crippen molar-refractivity contribution in [2.24, 2.45) is 16.7 Å². The third-order valence-electron chi connectivity index (χ3n) is 5.36. The SMILES string of the molecule is CC(/C=C/C=C1/C=C2C(CCCC2(C)C)C1(C)C)=C\C(=O)O. The molecule has 2 aliphatic carbocycles. The number of fused-ring (bicyclic) bond motifs is 1. The van der Waals surface area contributed by atoms with Crippen LogP contribution >= 0.6 is 0 Å². The van der Waals surface area contributed by atoms with Gasteiger partial charge in [0.1, 0.15) is 0 Å². The van der Waals surface area contributed by atoms with Crippen molar-refractivity contribution in [3.8, 4) is 0 Å². The van der Waals surface area contributed by atoms with E-state index in [2.05, 4.69) is 39.8 Å². The molecule has 120 valence electrons. The second-order valence-electron chi connectivity index (χ2n) is 7.86. The molecular weight excluding hydrogens is 272 g/mol. The zero-order valence-corrected chi connectivity index (χ0v) is 14.4. The van der Waals surface area contributed by atoms with Crippen molar-refractivity contribution < 1.29 is 9.90 Å². The number of carbonyl (C=O) groups is 1. The minimum Gasteiger partial charge on any atom is -0.478 e. The van der Waals surface area contributed by atoms with Gasteiger partial charge < -0.3 is 5.11 Å². The van der Waals surface area contributed by atoms with E-state index in [1.165, 1.54) is 30.9 Å². The molecule has 0 saturated heterocycles. The first-order valence-electron chi connectivity index (χ1n) is 8.17. The van der Waals surface area contributed by atoms with Crippen molar-refractivity contribution in [3.63, 3.8) is 0 Å². The molecule has 2 nitrogen and oxygen atoms in total. The molecule has 0 radical (unpaired) electrons. The van der Waals surface area contributed by atoms with Crippen LogP contribution in [0.3, 0.4) is 0 Å². The van der Waals surface area contributed by atoms with Crippen molar-refractivity contribution in [2.75, 3.05) is 0 Å². The minimum atomic E-state index is -0.897. The van der Waals surface area contributed by atoms with Crippen LogP contribution in [0.5, 0.6) is 0 Å². The number of hydrogen-bond acceptors (Lipinski definition) is 1. The molecule has 0 aliphatic heterocycles. The molecule has 22 heavy (non-hydrogen) atoms. The number of aliphatic carboxylic acids is 1. The summed E-state index contributed by atoms with van der Waals surface area (Å²) in [6.45, 7) is 11.2. The second-order valence-corrected chi connectivity index (χ2v) is 7.86. The zero-order chi connectivity index (χ0) is 16.5. The van der Waals surface area contributed by atoms with Crippen molar-refractivity contribution in [1.29, 1.82) is 0 Å². The van der Waals surface area contributed by atoms with E-state index in [1.807, 2.05) is 19.1 Å². The van der Waals surface area contributed by atoms with Crippen LogP contribution in [-0.4, -0.2) is 11.1 Å². The van der Waals surface area contributed by atoms with Gasteiger partial charge in [-0.1, -0.05) is 64.0 Å². The molecule has 1 atom stereocenters. The van der Waals surface area contributed by atoms with Crippen LogP contribution in [0.25, 0.3) is 0 Å². The normalized spacial score (nSPS) is 28.8. The Balaban J connectivity index is 2.27. The fourth-order valence-electron chi connectivity index (χ4n) is 3.93. The van der Waals surface area contributed by atoms with Crippen LogP contribution in [0.1, 0.15) is 53.9 Å². The summed E-state index contributed by atoms with van der Waals surface area (Å²) in [4.78, 5) is 10.6. The molecule has 1 saturated carbocycles. The predicted octanol–water partition coefficient (Wildman–Crippen LogP) is 5.29. The minimum absolute atomic E-state index is 0.168. The molecule has 1 unspecified atom stereocenters. The van der Waals surface area contributed by atoms with E-state index in [0.29, 0.717) is 11.3 Å². The van der Waals surface area contributed by atoms with Crippen LogP contribution in [0.2, 0.25) is 0 Å². The number of rotatable bonds is 3. The van der Waals surface area contributed by atoms with E-state index < -0.39 is 5.97 Å². The monoisotopic (exact) mass is 300 g/mol. The van der Waals surface area contributed by atoms with Gasteiger partial charge in [0.15, 0.2) is 0 Å². The fourth-order valence-corrected chi connectivity index (χ4v) is 3.93. The lowest BCUT2D eigenvalue weighted by atomic mass is 9.63. The Hall–Kier alpha value is -1.57. The summed E-state index contributed by atoms with van der Waals surface area (Å²) < 4.78 is 0. The van der Waals surface area contributed by atoms with Gasteiger partial charge in [0.25, 0.3) is 0 Å². The highest BCUT2D eigenvalue weighted by Crippen LogP contribution is 2.57. The smallest absolute Gasteiger partial charge is 0.328 e. The molecule has 1 fully saturated rings. The molecule has 2 heteroatoms. The lowest BCUT2D eigenvalue weighted by Gasteiger charge is -2.41. The second kappa shape index (κ2) is 5.91. The molecule has 0 aromatic rings. The first-order chi connectivity index (χ1) is 10.1. The Morgan fingerprint density at radius 1 is 1.32 bits per heavy atom. The van der Waals surface area contributed by atoms with Crippen LogP contribution in [0.4, 0.5) is 0 Å². The Kier molecular flexibility index (Phi) is 4.51. The summed E-state index contributed by atoms with van der Waals surface area (Å²) in [5.41, 5.74) is 4.19. The first kappa shape index (κ1) is 16.8. The molecule has 0 bridgehead atoms. The van der Waals surface area contributed by atoms with Gasteiger partial charge in [0.2, 0.25) is 0 Å². The van der Waals surface area contributed by atoms with Gasteiger partial charge >= 0.3 is 5.97 Å². The van der Waals surface area contributed by atoms with Crippen LogP contribution in [0, 0.1) is 16.7 Å². The molecule has 2 rings (SSSR count). The van der Waals surface area contributed by atoms with Gasteiger partial charge in [-0.15, -0.1) is 0 Å². The highest BCUT2D eigenvalue weighted by atomic mass is 16.4. The van der Waals surface area contributed by atoms with E-state index in [0.717, 1.165) is 5.57 Å². The molecule has 2 aliphatic rings. The predicted molar refractivity (Wildman–Crippen MR) is 91.6 cm³/mol. The molecule has 0 aromatic heterocycles. The summed E-state index contributed by atoms with van der Waals surface area (Å²) in [6, 6.07) is 0. The first-order valence-corrected chi connectivity index (χ1v) is 8.17. The van der Waals surface area contributed by atoms with E-state index in [9.17, 15) is 4.79 Å². The maximum Gasteiger partial charge on any atom is 0.328 e. The molecule has 0 heterocycles. The van der Waals surface area contributed by atoms with Gasteiger partial charge in [-0.3, -0.25) is 0 Å². The highest BCUT2D eigenvalue weighted by molar-refractivity contribution is 5.81. The topological polar surface area (TPSA) is 37.3 Å².